The van der Waals surface area contributed by atoms with Crippen LogP contribution in [0.4, 0.5) is 0 Å². The summed E-state index contributed by atoms with van der Waals surface area (Å²) in [5, 5.41) is 8.57. The van der Waals surface area contributed by atoms with Crippen molar-refractivity contribution in [2.24, 2.45) is 0 Å². The summed E-state index contributed by atoms with van der Waals surface area (Å²) in [5.74, 6) is -1.22. The van der Waals surface area contributed by atoms with Crippen LogP contribution in [0.3, 0.4) is 0 Å². The lowest BCUT2D eigenvalue weighted by Crippen LogP contribution is -2.38. The summed E-state index contributed by atoms with van der Waals surface area (Å²) in [4.78, 5) is 34.8. The van der Waals surface area contributed by atoms with E-state index < -0.39 is 23.3 Å². The maximum atomic E-state index is 11.1. The zero-order valence-electron chi connectivity index (χ0n) is 6.85. The molecule has 0 amide bonds. The fraction of sp³-hybridized carbons (Fsp3) is 0.286. The monoisotopic (exact) mass is 184 g/mol. The van der Waals surface area contributed by atoms with Crippen LogP contribution >= 0.6 is 0 Å². The molecule has 0 radical (unpaired) electrons. The van der Waals surface area contributed by atoms with Crippen LogP contribution in [-0.2, 0) is 4.79 Å². The fourth-order valence-electron chi connectivity index (χ4n) is 0.911. The smallest absolute Gasteiger partial charge is 0.329 e. The number of hydrogen-bond donors (Lipinski definition) is 2. The first kappa shape index (κ1) is 9.24. The van der Waals surface area contributed by atoms with Crippen molar-refractivity contribution in [3.63, 3.8) is 0 Å². The molecule has 6 nitrogen and oxygen atoms in total. The summed E-state index contributed by atoms with van der Waals surface area (Å²) < 4.78 is 0.641. The Kier molecular flexibility index (Phi) is 2.32. The van der Waals surface area contributed by atoms with E-state index in [-0.39, 0.29) is 0 Å². The van der Waals surface area contributed by atoms with Gasteiger partial charge < -0.3 is 10.1 Å². The highest BCUT2D eigenvalue weighted by Gasteiger charge is 2.16. The van der Waals surface area contributed by atoms with Gasteiger partial charge in [-0.15, -0.1) is 0 Å². The summed E-state index contributed by atoms with van der Waals surface area (Å²) >= 11 is 0. The van der Waals surface area contributed by atoms with Crippen molar-refractivity contribution in [3.05, 3.63) is 33.1 Å². The summed E-state index contributed by atoms with van der Waals surface area (Å²) in [6, 6.07) is -0.0571. The van der Waals surface area contributed by atoms with Gasteiger partial charge in [-0.3, -0.25) is 4.79 Å². The number of H-pyrrole nitrogens is 1. The van der Waals surface area contributed by atoms with E-state index in [1.54, 1.807) is 0 Å². The highest BCUT2D eigenvalue weighted by atomic mass is 16.4. The zero-order chi connectivity index (χ0) is 10.0. The van der Waals surface area contributed by atoms with E-state index in [1.807, 2.05) is 0 Å². The van der Waals surface area contributed by atoms with Gasteiger partial charge in [0.1, 0.15) is 6.04 Å². The molecule has 0 fully saturated rings. The molecule has 6 heteroatoms. The first-order chi connectivity index (χ1) is 6.04. The molecule has 1 aromatic rings. The van der Waals surface area contributed by atoms with Gasteiger partial charge in [0.15, 0.2) is 0 Å². The number of hydrogen-bond acceptors (Lipinski definition) is 3. The molecular weight excluding hydrogens is 176 g/mol. The van der Waals surface area contributed by atoms with E-state index in [1.165, 1.54) is 13.1 Å². The molecule has 0 saturated heterocycles. The average molecular weight is 184 g/mol. The van der Waals surface area contributed by atoms with Gasteiger partial charge in [-0.2, -0.15) is 0 Å². The third kappa shape index (κ3) is 1.66. The van der Waals surface area contributed by atoms with E-state index in [4.69, 9.17) is 5.11 Å². The SMILES string of the molecule is CC(C(=O)O)n1c(=O)cc[nH]c1=O. The van der Waals surface area contributed by atoms with Gasteiger partial charge in [0, 0.05) is 12.3 Å². The van der Waals surface area contributed by atoms with Crippen molar-refractivity contribution in [1.29, 1.82) is 0 Å². The molecule has 0 aliphatic heterocycles. The second-order valence-corrected chi connectivity index (χ2v) is 2.51. The van der Waals surface area contributed by atoms with Gasteiger partial charge in [0.05, 0.1) is 0 Å². The van der Waals surface area contributed by atoms with Crippen LogP contribution in [-0.4, -0.2) is 20.6 Å². The number of carbonyl (C=O) groups is 1. The molecule has 0 bridgehead atoms. The van der Waals surface area contributed by atoms with Gasteiger partial charge >= 0.3 is 11.7 Å². The molecule has 1 atom stereocenters. The molecule has 70 valence electrons. The number of rotatable bonds is 2. The molecule has 0 aromatic carbocycles. The maximum absolute atomic E-state index is 11.1. The lowest BCUT2D eigenvalue weighted by Gasteiger charge is -2.07. The van der Waals surface area contributed by atoms with Crippen molar-refractivity contribution in [3.8, 4) is 0 Å². The van der Waals surface area contributed by atoms with Gasteiger partial charge in [0.25, 0.3) is 5.56 Å². The molecule has 0 aliphatic carbocycles. The minimum Gasteiger partial charge on any atom is -0.480 e. The Hall–Kier alpha value is -1.85. The summed E-state index contributed by atoms with van der Waals surface area (Å²) in [6.45, 7) is 1.26. The molecule has 0 aliphatic rings. The highest BCUT2D eigenvalue weighted by molar-refractivity contribution is 5.71. The lowest BCUT2D eigenvalue weighted by molar-refractivity contribution is -0.140. The van der Waals surface area contributed by atoms with Crippen LogP contribution in [0.2, 0.25) is 0 Å². The Balaban J connectivity index is 3.37. The Morgan fingerprint density at radius 1 is 1.62 bits per heavy atom. The standard InChI is InChI=1S/C7H8N2O4/c1-4(6(11)12)9-5(10)2-3-8-7(9)13/h2-4H,1H3,(H,8,13)(H,11,12). The zero-order valence-corrected chi connectivity index (χ0v) is 6.85. The third-order valence-electron chi connectivity index (χ3n) is 1.63. The van der Waals surface area contributed by atoms with E-state index in [0.29, 0.717) is 4.57 Å². The molecule has 1 rings (SSSR count). The Morgan fingerprint density at radius 3 is 2.69 bits per heavy atom. The molecule has 1 unspecified atom stereocenters. The minimum absolute atomic E-state index is 0.626. The van der Waals surface area contributed by atoms with Crippen LogP contribution in [0.25, 0.3) is 0 Å². The average Bonchev–Trinajstić information content (AvgIpc) is 2.03. The van der Waals surface area contributed by atoms with Crippen LogP contribution in [0.1, 0.15) is 13.0 Å². The number of nitrogens with one attached hydrogen (secondary N) is 1. The fourth-order valence-corrected chi connectivity index (χ4v) is 0.911. The number of carboxylic acid groups (broad SMARTS) is 1. The molecule has 0 spiro atoms. The second kappa shape index (κ2) is 3.26. The molecule has 0 saturated carbocycles. The van der Waals surface area contributed by atoms with Crippen LogP contribution in [0.15, 0.2) is 21.9 Å². The van der Waals surface area contributed by atoms with E-state index in [9.17, 15) is 14.4 Å². The molecule has 1 aromatic heterocycles. The Bertz CT molecular complexity index is 402. The van der Waals surface area contributed by atoms with Gasteiger partial charge in [-0.1, -0.05) is 0 Å². The van der Waals surface area contributed by atoms with Crippen molar-refractivity contribution in [1.82, 2.24) is 9.55 Å². The minimum atomic E-state index is -1.22. The second-order valence-electron chi connectivity index (χ2n) is 2.51. The molecule has 13 heavy (non-hydrogen) atoms. The largest absolute Gasteiger partial charge is 0.480 e. The topological polar surface area (TPSA) is 92.2 Å². The predicted molar refractivity (Wildman–Crippen MR) is 43.7 cm³/mol. The van der Waals surface area contributed by atoms with Crippen LogP contribution in [0, 0.1) is 0 Å². The number of aliphatic carboxylic acids is 1. The predicted octanol–water partition coefficient (Wildman–Crippen LogP) is -0.818. The quantitative estimate of drug-likeness (QED) is 0.628. The van der Waals surface area contributed by atoms with Crippen molar-refractivity contribution < 1.29 is 9.90 Å². The number of carboxylic acids is 1. The van der Waals surface area contributed by atoms with E-state index in [2.05, 4.69) is 4.98 Å². The van der Waals surface area contributed by atoms with Crippen molar-refractivity contribution in [2.75, 3.05) is 0 Å². The van der Waals surface area contributed by atoms with Crippen molar-refractivity contribution in [2.45, 2.75) is 13.0 Å². The number of aromatic nitrogens is 2. The Labute approximate surface area is 72.5 Å². The summed E-state index contributed by atoms with van der Waals surface area (Å²) in [7, 11) is 0. The van der Waals surface area contributed by atoms with Gasteiger partial charge in [0.2, 0.25) is 0 Å². The number of aromatic amines is 1. The highest BCUT2D eigenvalue weighted by Crippen LogP contribution is 1.95. The Morgan fingerprint density at radius 2 is 2.23 bits per heavy atom. The van der Waals surface area contributed by atoms with Gasteiger partial charge in [-0.25, -0.2) is 14.2 Å². The molecule has 1 heterocycles. The summed E-state index contributed by atoms with van der Waals surface area (Å²) in [6.07, 6.45) is 1.18. The van der Waals surface area contributed by atoms with Crippen LogP contribution < -0.4 is 11.2 Å². The van der Waals surface area contributed by atoms with Crippen LogP contribution in [0.5, 0.6) is 0 Å². The lowest BCUT2D eigenvalue weighted by atomic mass is 10.3. The number of nitrogens with zero attached hydrogens (tertiary/aromatic N) is 1. The van der Waals surface area contributed by atoms with E-state index in [0.717, 1.165) is 6.07 Å². The van der Waals surface area contributed by atoms with Gasteiger partial charge in [-0.05, 0) is 6.92 Å². The molecule has 2 N–H and O–H groups in total. The maximum Gasteiger partial charge on any atom is 0.329 e. The normalized spacial score (nSPS) is 12.4. The van der Waals surface area contributed by atoms with E-state index >= 15 is 0 Å². The molecular formula is C7H8N2O4. The summed E-state index contributed by atoms with van der Waals surface area (Å²) in [5.41, 5.74) is -1.35. The first-order valence-electron chi connectivity index (χ1n) is 3.57. The third-order valence-corrected chi connectivity index (χ3v) is 1.63. The first-order valence-corrected chi connectivity index (χ1v) is 3.57. The van der Waals surface area contributed by atoms with Crippen molar-refractivity contribution >= 4 is 5.97 Å².